The second-order valence-corrected chi connectivity index (χ2v) is 7.73. The Morgan fingerprint density at radius 1 is 0.700 bits per heavy atom. The molecule has 2 aromatic carbocycles. The van der Waals surface area contributed by atoms with E-state index in [0.29, 0.717) is 0 Å². The normalized spacial score (nSPS) is 12.7. The second kappa shape index (κ2) is 13.4. The van der Waals surface area contributed by atoms with Crippen molar-refractivity contribution in [1.82, 2.24) is 0 Å². The summed E-state index contributed by atoms with van der Waals surface area (Å²) in [5.74, 6) is 0.740. The number of hydrogen-bond acceptors (Lipinski definition) is 4. The molecule has 1 atom stereocenters. The maximum atomic E-state index is 5.91. The van der Waals surface area contributed by atoms with E-state index in [1.54, 1.807) is 21.3 Å². The van der Waals surface area contributed by atoms with E-state index in [4.69, 9.17) is 18.9 Å². The zero-order valence-electron chi connectivity index (χ0n) is 19.1. The van der Waals surface area contributed by atoms with Gasteiger partial charge in [0.1, 0.15) is 11.5 Å². The van der Waals surface area contributed by atoms with Crippen molar-refractivity contribution in [1.29, 1.82) is 0 Å². The highest BCUT2D eigenvalue weighted by Gasteiger charge is 2.39. The molecule has 0 aliphatic rings. The van der Waals surface area contributed by atoms with Crippen LogP contribution in [-0.2, 0) is 20.6 Å². The van der Waals surface area contributed by atoms with Gasteiger partial charge in [0.15, 0.2) is 0 Å². The van der Waals surface area contributed by atoms with E-state index in [2.05, 4.69) is 19.1 Å². The number of hydrogen-bond donors (Lipinski definition) is 0. The SMILES string of the molecule is CCCCCCCCC(Cc1ccc(Oc2ccccc2)cc1)C(OC)(OC)OC. The van der Waals surface area contributed by atoms with E-state index < -0.39 is 5.97 Å². The number of unbranched alkanes of at least 4 members (excludes halogenated alkanes) is 5. The van der Waals surface area contributed by atoms with Crippen molar-refractivity contribution in [2.45, 2.75) is 64.3 Å². The second-order valence-electron chi connectivity index (χ2n) is 7.73. The van der Waals surface area contributed by atoms with E-state index in [0.717, 1.165) is 30.8 Å². The minimum absolute atomic E-state index is 0.101. The molecule has 166 valence electrons. The lowest BCUT2D eigenvalue weighted by molar-refractivity contribution is -0.379. The molecule has 0 fully saturated rings. The first-order valence-corrected chi connectivity index (χ1v) is 11.1. The first kappa shape index (κ1) is 24.4. The molecular weight excluding hydrogens is 376 g/mol. The maximum Gasteiger partial charge on any atom is 0.285 e. The zero-order valence-corrected chi connectivity index (χ0v) is 19.1. The fraction of sp³-hybridized carbons (Fsp3) is 0.538. The van der Waals surface area contributed by atoms with Crippen molar-refractivity contribution < 1.29 is 18.9 Å². The Labute approximate surface area is 182 Å². The predicted octanol–water partition coefficient (Wildman–Crippen LogP) is 6.98. The van der Waals surface area contributed by atoms with Gasteiger partial charge in [-0.25, -0.2) is 0 Å². The van der Waals surface area contributed by atoms with Gasteiger partial charge in [0.05, 0.1) is 0 Å². The Kier molecular flexibility index (Phi) is 10.9. The van der Waals surface area contributed by atoms with Crippen molar-refractivity contribution in [3.05, 3.63) is 60.2 Å². The van der Waals surface area contributed by atoms with Crippen molar-refractivity contribution in [2.24, 2.45) is 5.92 Å². The van der Waals surface area contributed by atoms with Crippen molar-refractivity contribution in [3.8, 4) is 11.5 Å². The Bertz CT molecular complexity index is 672. The van der Waals surface area contributed by atoms with Crippen molar-refractivity contribution in [3.63, 3.8) is 0 Å². The van der Waals surface area contributed by atoms with E-state index in [1.807, 2.05) is 42.5 Å². The smallest absolute Gasteiger partial charge is 0.285 e. The van der Waals surface area contributed by atoms with Gasteiger partial charge in [-0.2, -0.15) is 0 Å². The lowest BCUT2D eigenvalue weighted by Crippen LogP contribution is -2.45. The predicted molar refractivity (Wildman–Crippen MR) is 122 cm³/mol. The molecule has 4 nitrogen and oxygen atoms in total. The van der Waals surface area contributed by atoms with Crippen LogP contribution in [0.25, 0.3) is 0 Å². The molecule has 0 aliphatic heterocycles. The molecule has 0 aliphatic carbocycles. The first-order valence-electron chi connectivity index (χ1n) is 11.1. The average Bonchev–Trinajstić information content (AvgIpc) is 2.79. The fourth-order valence-electron chi connectivity index (χ4n) is 3.93. The standard InChI is InChI=1S/C26H38O4/c1-5-6-7-8-9-11-14-23(26(27-2,28-3)29-4)21-22-17-19-25(20-18-22)30-24-15-12-10-13-16-24/h10,12-13,15-20,23H,5-9,11,14,21H2,1-4H3. The average molecular weight is 415 g/mol. The molecule has 0 saturated heterocycles. The van der Waals surface area contributed by atoms with Crippen LogP contribution in [0.3, 0.4) is 0 Å². The van der Waals surface area contributed by atoms with Crippen LogP contribution in [0.4, 0.5) is 0 Å². The first-order chi connectivity index (χ1) is 14.7. The largest absolute Gasteiger partial charge is 0.457 e. The number of ether oxygens (including phenoxy) is 4. The van der Waals surface area contributed by atoms with Crippen molar-refractivity contribution >= 4 is 0 Å². The Morgan fingerprint density at radius 2 is 1.27 bits per heavy atom. The third kappa shape index (κ3) is 7.42. The van der Waals surface area contributed by atoms with Gasteiger partial charge in [-0.15, -0.1) is 0 Å². The third-order valence-corrected chi connectivity index (χ3v) is 5.64. The molecule has 1 unspecified atom stereocenters. The lowest BCUT2D eigenvalue weighted by Gasteiger charge is -2.36. The molecular formula is C26H38O4. The highest BCUT2D eigenvalue weighted by molar-refractivity contribution is 5.33. The highest BCUT2D eigenvalue weighted by Crippen LogP contribution is 2.32. The van der Waals surface area contributed by atoms with Gasteiger partial charge in [-0.3, -0.25) is 0 Å². The zero-order chi connectivity index (χ0) is 21.7. The van der Waals surface area contributed by atoms with Crippen LogP contribution in [0.5, 0.6) is 11.5 Å². The summed E-state index contributed by atoms with van der Waals surface area (Å²) in [5.41, 5.74) is 1.21. The molecule has 0 amide bonds. The van der Waals surface area contributed by atoms with E-state index >= 15 is 0 Å². The lowest BCUT2D eigenvalue weighted by atomic mass is 9.91. The molecule has 0 spiro atoms. The molecule has 0 heterocycles. The molecule has 0 bridgehead atoms. The van der Waals surface area contributed by atoms with Crippen LogP contribution in [0.2, 0.25) is 0 Å². The molecule has 0 saturated carbocycles. The summed E-state index contributed by atoms with van der Waals surface area (Å²) in [6.07, 6.45) is 9.36. The molecule has 4 heteroatoms. The number of methoxy groups -OCH3 is 3. The number of para-hydroxylation sites is 1. The number of benzene rings is 2. The quantitative estimate of drug-likeness (QED) is 0.233. The van der Waals surface area contributed by atoms with E-state index in [9.17, 15) is 0 Å². The molecule has 2 rings (SSSR count). The Balaban J connectivity index is 2.01. The van der Waals surface area contributed by atoms with E-state index in [-0.39, 0.29) is 5.92 Å². The molecule has 0 N–H and O–H groups in total. The van der Waals surface area contributed by atoms with Gasteiger partial charge >= 0.3 is 0 Å². The molecule has 30 heavy (non-hydrogen) atoms. The summed E-state index contributed by atoms with van der Waals surface area (Å²) in [6, 6.07) is 18.1. The minimum atomic E-state index is -1.03. The van der Waals surface area contributed by atoms with Gasteiger partial charge in [0, 0.05) is 27.2 Å². The Hall–Kier alpha value is -1.88. The molecule has 0 radical (unpaired) electrons. The van der Waals surface area contributed by atoms with Crippen LogP contribution in [0, 0.1) is 5.92 Å². The van der Waals surface area contributed by atoms with Crippen LogP contribution in [-0.4, -0.2) is 27.3 Å². The van der Waals surface area contributed by atoms with Crippen LogP contribution >= 0.6 is 0 Å². The van der Waals surface area contributed by atoms with Gasteiger partial charge in [0.25, 0.3) is 5.97 Å². The molecule has 0 aromatic heterocycles. The van der Waals surface area contributed by atoms with Gasteiger partial charge in [-0.1, -0.05) is 75.8 Å². The maximum absolute atomic E-state index is 5.91. The number of rotatable bonds is 15. The topological polar surface area (TPSA) is 36.9 Å². The van der Waals surface area contributed by atoms with Crippen LogP contribution in [0.1, 0.15) is 57.4 Å². The summed E-state index contributed by atoms with van der Waals surface area (Å²) in [5, 5.41) is 0. The summed E-state index contributed by atoms with van der Waals surface area (Å²) in [7, 11) is 4.95. The van der Waals surface area contributed by atoms with Gasteiger partial charge in [-0.05, 0) is 42.7 Å². The fourth-order valence-corrected chi connectivity index (χ4v) is 3.93. The van der Waals surface area contributed by atoms with Crippen molar-refractivity contribution in [2.75, 3.05) is 21.3 Å². The van der Waals surface area contributed by atoms with E-state index in [1.165, 1.54) is 37.7 Å². The van der Waals surface area contributed by atoms with Gasteiger partial charge < -0.3 is 18.9 Å². The molecule has 2 aromatic rings. The Morgan fingerprint density at radius 3 is 1.87 bits per heavy atom. The van der Waals surface area contributed by atoms with Crippen LogP contribution in [0.15, 0.2) is 54.6 Å². The van der Waals surface area contributed by atoms with Crippen LogP contribution < -0.4 is 4.74 Å². The summed E-state index contributed by atoms with van der Waals surface area (Å²) in [6.45, 7) is 2.25. The summed E-state index contributed by atoms with van der Waals surface area (Å²) in [4.78, 5) is 0. The highest BCUT2D eigenvalue weighted by atomic mass is 16.9. The van der Waals surface area contributed by atoms with Gasteiger partial charge in [0.2, 0.25) is 0 Å². The summed E-state index contributed by atoms with van der Waals surface area (Å²) < 4.78 is 23.0. The summed E-state index contributed by atoms with van der Waals surface area (Å²) >= 11 is 0. The minimum Gasteiger partial charge on any atom is -0.457 e. The monoisotopic (exact) mass is 414 g/mol. The third-order valence-electron chi connectivity index (χ3n) is 5.64.